The van der Waals surface area contributed by atoms with E-state index in [1.54, 1.807) is 10.9 Å². The number of rotatable bonds is 3. The first-order valence-corrected chi connectivity index (χ1v) is 5.45. The van der Waals surface area contributed by atoms with Crippen LogP contribution < -0.4 is 5.73 Å². The number of nitrogens with zero attached hydrogens (tertiary/aromatic N) is 3. The molecule has 4 heteroatoms. The Bertz CT molecular complexity index is 473. The van der Waals surface area contributed by atoms with Gasteiger partial charge in [-0.3, -0.25) is 9.67 Å². The molecule has 4 nitrogen and oxygen atoms in total. The number of nitrogens with two attached hydrogens (primary N) is 1. The second kappa shape index (κ2) is 4.35. The Morgan fingerprint density at radius 2 is 2.25 bits per heavy atom. The lowest BCUT2D eigenvalue weighted by Crippen LogP contribution is -1.99. The molecule has 2 rings (SSSR count). The van der Waals surface area contributed by atoms with Crippen LogP contribution in [0.15, 0.2) is 24.5 Å². The van der Waals surface area contributed by atoms with Crippen molar-refractivity contribution in [1.29, 1.82) is 0 Å². The molecule has 0 radical (unpaired) electrons. The Morgan fingerprint density at radius 3 is 2.88 bits per heavy atom. The SMILES string of the molecule is CCCc1c(-c2cccnc2)nn(C)c1N. The zero-order valence-electron chi connectivity index (χ0n) is 9.64. The minimum atomic E-state index is 0.751. The molecule has 2 aromatic heterocycles. The molecule has 0 bridgehead atoms. The molecule has 0 spiro atoms. The summed E-state index contributed by atoms with van der Waals surface area (Å²) in [5.41, 5.74) is 9.11. The Labute approximate surface area is 95.1 Å². The molecule has 0 amide bonds. The van der Waals surface area contributed by atoms with Crippen molar-refractivity contribution in [3.05, 3.63) is 30.1 Å². The largest absolute Gasteiger partial charge is 0.384 e. The molecule has 0 unspecified atom stereocenters. The molecule has 0 aliphatic carbocycles. The van der Waals surface area contributed by atoms with Crippen LogP contribution in [0.2, 0.25) is 0 Å². The average Bonchev–Trinajstić information content (AvgIpc) is 2.59. The summed E-state index contributed by atoms with van der Waals surface area (Å²) in [5, 5.41) is 4.45. The Hall–Kier alpha value is -1.84. The fourth-order valence-electron chi connectivity index (χ4n) is 1.81. The highest BCUT2D eigenvalue weighted by Crippen LogP contribution is 2.26. The van der Waals surface area contributed by atoms with Gasteiger partial charge in [0.25, 0.3) is 0 Å². The number of pyridine rings is 1. The van der Waals surface area contributed by atoms with Crippen LogP contribution in [0, 0.1) is 0 Å². The number of hydrogen-bond acceptors (Lipinski definition) is 3. The minimum Gasteiger partial charge on any atom is -0.384 e. The molecular weight excluding hydrogens is 200 g/mol. The van der Waals surface area contributed by atoms with Gasteiger partial charge in [0.05, 0.1) is 5.69 Å². The maximum Gasteiger partial charge on any atom is 0.125 e. The van der Waals surface area contributed by atoms with E-state index in [9.17, 15) is 0 Å². The first kappa shape index (κ1) is 10.7. The van der Waals surface area contributed by atoms with Crippen molar-refractivity contribution in [2.45, 2.75) is 19.8 Å². The van der Waals surface area contributed by atoms with Crippen LogP contribution in [0.3, 0.4) is 0 Å². The maximum absolute atomic E-state index is 6.01. The van der Waals surface area contributed by atoms with Crippen molar-refractivity contribution in [2.75, 3.05) is 5.73 Å². The summed E-state index contributed by atoms with van der Waals surface area (Å²) in [5.74, 6) is 0.751. The lowest BCUT2D eigenvalue weighted by molar-refractivity contribution is 0.781. The van der Waals surface area contributed by atoms with Crippen molar-refractivity contribution < 1.29 is 0 Å². The van der Waals surface area contributed by atoms with E-state index in [4.69, 9.17) is 5.73 Å². The predicted octanol–water partition coefficient (Wildman–Crippen LogP) is 2.02. The Kier molecular flexibility index (Phi) is 2.90. The zero-order chi connectivity index (χ0) is 11.5. The summed E-state index contributed by atoms with van der Waals surface area (Å²) in [6.45, 7) is 2.14. The van der Waals surface area contributed by atoms with Gasteiger partial charge in [-0.25, -0.2) is 0 Å². The molecule has 2 N–H and O–H groups in total. The van der Waals surface area contributed by atoms with Gasteiger partial charge in [-0.1, -0.05) is 13.3 Å². The van der Waals surface area contributed by atoms with Crippen LogP contribution in [0.5, 0.6) is 0 Å². The fourth-order valence-corrected chi connectivity index (χ4v) is 1.81. The highest BCUT2D eigenvalue weighted by atomic mass is 15.3. The van der Waals surface area contributed by atoms with Crippen LogP contribution in [-0.2, 0) is 13.5 Å². The van der Waals surface area contributed by atoms with Gasteiger partial charge in [0.2, 0.25) is 0 Å². The number of hydrogen-bond donors (Lipinski definition) is 1. The lowest BCUT2D eigenvalue weighted by Gasteiger charge is -2.01. The van der Waals surface area contributed by atoms with Crippen molar-refractivity contribution in [1.82, 2.24) is 14.8 Å². The van der Waals surface area contributed by atoms with E-state index in [0.29, 0.717) is 0 Å². The van der Waals surface area contributed by atoms with Crippen molar-refractivity contribution in [2.24, 2.45) is 7.05 Å². The summed E-state index contributed by atoms with van der Waals surface area (Å²) in [6.07, 6.45) is 5.59. The first-order valence-electron chi connectivity index (χ1n) is 5.45. The van der Waals surface area contributed by atoms with Crippen molar-refractivity contribution in [3.8, 4) is 11.3 Å². The lowest BCUT2D eigenvalue weighted by atomic mass is 10.1. The van der Waals surface area contributed by atoms with Crippen molar-refractivity contribution in [3.63, 3.8) is 0 Å². The minimum absolute atomic E-state index is 0.751. The topological polar surface area (TPSA) is 56.7 Å². The van der Waals surface area contributed by atoms with E-state index < -0.39 is 0 Å². The standard InChI is InChI=1S/C12H16N4/c1-3-5-10-11(15-16(2)12(10)13)9-6-4-7-14-8-9/h4,6-8H,3,5,13H2,1-2H3. The second-order valence-corrected chi connectivity index (χ2v) is 3.83. The fraction of sp³-hybridized carbons (Fsp3) is 0.333. The normalized spacial score (nSPS) is 10.6. The zero-order valence-corrected chi connectivity index (χ0v) is 9.64. The Balaban J connectivity index is 2.52. The highest BCUT2D eigenvalue weighted by molar-refractivity contribution is 5.67. The summed E-state index contributed by atoms with van der Waals surface area (Å²) in [6, 6.07) is 3.92. The van der Waals surface area contributed by atoms with Gasteiger partial charge in [-0.15, -0.1) is 0 Å². The molecule has 0 fully saturated rings. The molecule has 2 aromatic rings. The summed E-state index contributed by atoms with van der Waals surface area (Å²) >= 11 is 0. The van der Waals surface area contributed by atoms with Crippen LogP contribution in [-0.4, -0.2) is 14.8 Å². The monoisotopic (exact) mass is 216 g/mol. The average molecular weight is 216 g/mol. The van der Waals surface area contributed by atoms with Crippen LogP contribution >= 0.6 is 0 Å². The third-order valence-electron chi connectivity index (χ3n) is 2.63. The van der Waals surface area contributed by atoms with Crippen molar-refractivity contribution >= 4 is 5.82 Å². The van der Waals surface area contributed by atoms with Gasteiger partial charge in [0, 0.05) is 30.6 Å². The predicted molar refractivity (Wildman–Crippen MR) is 64.8 cm³/mol. The molecule has 84 valence electrons. The number of nitrogen functional groups attached to an aromatic ring is 1. The van der Waals surface area contributed by atoms with Gasteiger partial charge in [0.15, 0.2) is 0 Å². The second-order valence-electron chi connectivity index (χ2n) is 3.83. The molecule has 0 saturated heterocycles. The molecule has 0 aromatic carbocycles. The maximum atomic E-state index is 6.01. The van der Waals surface area contributed by atoms with E-state index in [2.05, 4.69) is 17.0 Å². The summed E-state index contributed by atoms with van der Waals surface area (Å²) in [4.78, 5) is 4.11. The quantitative estimate of drug-likeness (QED) is 0.854. The van der Waals surface area contributed by atoms with E-state index >= 15 is 0 Å². The molecule has 0 saturated carbocycles. The van der Waals surface area contributed by atoms with Gasteiger partial charge in [-0.2, -0.15) is 5.10 Å². The smallest absolute Gasteiger partial charge is 0.125 e. The van der Waals surface area contributed by atoms with Gasteiger partial charge >= 0.3 is 0 Å². The third kappa shape index (κ3) is 1.78. The molecule has 0 atom stereocenters. The highest BCUT2D eigenvalue weighted by Gasteiger charge is 2.14. The summed E-state index contributed by atoms with van der Waals surface area (Å²) in [7, 11) is 1.87. The van der Waals surface area contributed by atoms with E-state index in [0.717, 1.165) is 35.5 Å². The first-order chi connectivity index (χ1) is 7.74. The molecule has 16 heavy (non-hydrogen) atoms. The summed E-state index contributed by atoms with van der Waals surface area (Å²) < 4.78 is 1.73. The van der Waals surface area contributed by atoms with E-state index in [1.165, 1.54) is 0 Å². The molecule has 2 heterocycles. The number of anilines is 1. The third-order valence-corrected chi connectivity index (χ3v) is 2.63. The number of aromatic nitrogens is 3. The molecular formula is C12H16N4. The van der Waals surface area contributed by atoms with E-state index in [1.807, 2.05) is 25.4 Å². The van der Waals surface area contributed by atoms with Crippen LogP contribution in [0.25, 0.3) is 11.3 Å². The van der Waals surface area contributed by atoms with Gasteiger partial charge in [-0.05, 0) is 18.6 Å². The molecule has 0 aliphatic heterocycles. The van der Waals surface area contributed by atoms with Gasteiger partial charge in [0.1, 0.15) is 5.82 Å². The Morgan fingerprint density at radius 1 is 1.44 bits per heavy atom. The van der Waals surface area contributed by atoms with Crippen LogP contribution in [0.4, 0.5) is 5.82 Å². The molecule has 0 aliphatic rings. The van der Waals surface area contributed by atoms with Crippen LogP contribution in [0.1, 0.15) is 18.9 Å². The van der Waals surface area contributed by atoms with Gasteiger partial charge < -0.3 is 5.73 Å². The number of aryl methyl sites for hydroxylation is 1. The van der Waals surface area contributed by atoms with E-state index in [-0.39, 0.29) is 0 Å².